The predicted molar refractivity (Wildman–Crippen MR) is 93.3 cm³/mol. The smallest absolute Gasteiger partial charge is 0.161 e. The van der Waals surface area contributed by atoms with Gasteiger partial charge in [-0.25, -0.2) is 0 Å². The highest BCUT2D eigenvalue weighted by atomic mass is 16.5. The van der Waals surface area contributed by atoms with Crippen LogP contribution in [0.3, 0.4) is 0 Å². The minimum atomic E-state index is -0.445. The second kappa shape index (κ2) is 9.78. The molecule has 1 N–H and O–H groups in total. The number of aliphatic hydroxyl groups is 1. The zero-order valence-electron chi connectivity index (χ0n) is 14.6. The van der Waals surface area contributed by atoms with Crippen LogP contribution in [0.1, 0.15) is 57.6 Å². The van der Waals surface area contributed by atoms with Crippen LogP contribution in [0.5, 0.6) is 11.5 Å². The molecule has 1 fully saturated rings. The van der Waals surface area contributed by atoms with E-state index in [1.54, 1.807) is 0 Å². The molecule has 2 rings (SSSR count). The number of hydrogen-bond donors (Lipinski definition) is 1. The Bertz CT molecular complexity index is 458. The Morgan fingerprint density at radius 1 is 1.04 bits per heavy atom. The summed E-state index contributed by atoms with van der Waals surface area (Å²) in [5.41, 5.74) is 0.916. The van der Waals surface area contributed by atoms with Gasteiger partial charge in [0.05, 0.1) is 19.3 Å². The van der Waals surface area contributed by atoms with Gasteiger partial charge in [0.2, 0.25) is 0 Å². The molecule has 1 saturated heterocycles. The van der Waals surface area contributed by atoms with Crippen molar-refractivity contribution in [2.24, 2.45) is 0 Å². The number of aliphatic hydroxyl groups excluding tert-OH is 1. The minimum absolute atomic E-state index is 0.445. The highest BCUT2D eigenvalue weighted by Crippen LogP contribution is 2.32. The molecule has 130 valence electrons. The molecule has 0 aromatic heterocycles. The molecule has 1 atom stereocenters. The average molecular weight is 321 g/mol. The number of nitrogens with zero attached hydrogens (tertiary/aromatic N) is 1. The summed E-state index contributed by atoms with van der Waals surface area (Å²) in [6.07, 6.45) is 4.81. The molecule has 1 aromatic rings. The Labute approximate surface area is 140 Å². The number of benzene rings is 1. The van der Waals surface area contributed by atoms with Gasteiger partial charge in [-0.3, -0.25) is 0 Å². The van der Waals surface area contributed by atoms with Crippen LogP contribution in [-0.4, -0.2) is 42.9 Å². The summed E-state index contributed by atoms with van der Waals surface area (Å²) in [7, 11) is 0. The molecular formula is C19H31NO3. The molecule has 1 aromatic carbocycles. The lowest BCUT2D eigenvalue weighted by molar-refractivity contribution is 0.148. The normalized spacial score (nSPS) is 16.5. The lowest BCUT2D eigenvalue weighted by atomic mass is 10.1. The van der Waals surface area contributed by atoms with Crippen molar-refractivity contribution in [1.82, 2.24) is 4.90 Å². The van der Waals surface area contributed by atoms with Crippen molar-refractivity contribution in [1.29, 1.82) is 0 Å². The fourth-order valence-corrected chi connectivity index (χ4v) is 2.87. The largest absolute Gasteiger partial charge is 0.490 e. The fraction of sp³-hybridized carbons (Fsp3) is 0.684. The number of likely N-dealkylation sites (tertiary alicyclic amines) is 1. The molecule has 1 aliphatic rings. The highest BCUT2D eigenvalue weighted by Gasteiger charge is 2.16. The van der Waals surface area contributed by atoms with Crippen molar-refractivity contribution in [3.05, 3.63) is 23.8 Å². The second-order valence-electron chi connectivity index (χ2n) is 6.26. The molecule has 0 spiro atoms. The van der Waals surface area contributed by atoms with Crippen molar-refractivity contribution >= 4 is 0 Å². The van der Waals surface area contributed by atoms with Crippen LogP contribution in [0.25, 0.3) is 0 Å². The van der Waals surface area contributed by atoms with E-state index in [0.717, 1.165) is 42.9 Å². The van der Waals surface area contributed by atoms with Gasteiger partial charge >= 0.3 is 0 Å². The predicted octanol–water partition coefficient (Wildman–Crippen LogP) is 3.78. The maximum atomic E-state index is 10.5. The standard InChI is InChI=1S/C19H31NO3/c1-3-13-22-18-8-7-16(15-19(18)23-14-4-2)17(21)9-12-20-10-5-6-11-20/h7-8,15,17,21H,3-6,9-14H2,1-2H3. The fourth-order valence-electron chi connectivity index (χ4n) is 2.87. The molecule has 0 amide bonds. The van der Waals surface area contributed by atoms with Crippen molar-refractivity contribution in [2.75, 3.05) is 32.8 Å². The van der Waals surface area contributed by atoms with Crippen LogP contribution >= 0.6 is 0 Å². The number of hydrogen-bond acceptors (Lipinski definition) is 4. The molecule has 4 heteroatoms. The van der Waals surface area contributed by atoms with Gasteiger partial charge in [-0.05, 0) is 62.9 Å². The van der Waals surface area contributed by atoms with Gasteiger partial charge in [-0.15, -0.1) is 0 Å². The lowest BCUT2D eigenvalue weighted by Gasteiger charge is -2.19. The monoisotopic (exact) mass is 321 g/mol. The van der Waals surface area contributed by atoms with Gasteiger partial charge in [0.1, 0.15) is 0 Å². The van der Waals surface area contributed by atoms with Crippen LogP contribution in [0.15, 0.2) is 18.2 Å². The quantitative estimate of drug-likeness (QED) is 0.712. The molecule has 23 heavy (non-hydrogen) atoms. The van der Waals surface area contributed by atoms with E-state index in [9.17, 15) is 5.11 Å². The summed E-state index contributed by atoms with van der Waals surface area (Å²) < 4.78 is 11.6. The third-order valence-electron chi connectivity index (χ3n) is 4.19. The Morgan fingerprint density at radius 3 is 2.35 bits per heavy atom. The Hall–Kier alpha value is -1.26. The first-order valence-electron chi connectivity index (χ1n) is 9.04. The van der Waals surface area contributed by atoms with Crippen molar-refractivity contribution in [3.8, 4) is 11.5 Å². The van der Waals surface area contributed by atoms with Crippen LogP contribution < -0.4 is 9.47 Å². The van der Waals surface area contributed by atoms with Gasteiger partial charge in [-0.1, -0.05) is 19.9 Å². The van der Waals surface area contributed by atoms with Crippen molar-refractivity contribution < 1.29 is 14.6 Å². The van der Waals surface area contributed by atoms with Gasteiger partial charge in [-0.2, -0.15) is 0 Å². The molecule has 0 saturated carbocycles. The lowest BCUT2D eigenvalue weighted by Crippen LogP contribution is -2.22. The maximum absolute atomic E-state index is 10.5. The SMILES string of the molecule is CCCOc1ccc(C(O)CCN2CCCC2)cc1OCCC. The zero-order valence-corrected chi connectivity index (χ0v) is 14.6. The molecule has 1 heterocycles. The van der Waals surface area contributed by atoms with E-state index in [2.05, 4.69) is 18.7 Å². The van der Waals surface area contributed by atoms with E-state index >= 15 is 0 Å². The van der Waals surface area contributed by atoms with Gasteiger partial charge in [0.25, 0.3) is 0 Å². The highest BCUT2D eigenvalue weighted by molar-refractivity contribution is 5.43. The number of ether oxygens (including phenoxy) is 2. The molecular weight excluding hydrogens is 290 g/mol. The molecule has 1 unspecified atom stereocenters. The summed E-state index contributed by atoms with van der Waals surface area (Å²) in [5, 5.41) is 10.5. The van der Waals surface area contributed by atoms with E-state index in [0.29, 0.717) is 13.2 Å². The maximum Gasteiger partial charge on any atom is 0.161 e. The third-order valence-corrected chi connectivity index (χ3v) is 4.19. The summed E-state index contributed by atoms with van der Waals surface area (Å²) in [5.74, 6) is 1.52. The molecule has 4 nitrogen and oxygen atoms in total. The van der Waals surface area contributed by atoms with Gasteiger partial charge in [0, 0.05) is 6.54 Å². The summed E-state index contributed by atoms with van der Waals surface area (Å²) >= 11 is 0. The van der Waals surface area contributed by atoms with E-state index in [1.165, 1.54) is 25.9 Å². The van der Waals surface area contributed by atoms with Gasteiger partial charge in [0.15, 0.2) is 11.5 Å². The molecule has 1 aliphatic heterocycles. The zero-order chi connectivity index (χ0) is 16.5. The van der Waals surface area contributed by atoms with E-state index in [1.807, 2.05) is 18.2 Å². The minimum Gasteiger partial charge on any atom is -0.490 e. The van der Waals surface area contributed by atoms with Crippen molar-refractivity contribution in [3.63, 3.8) is 0 Å². The van der Waals surface area contributed by atoms with E-state index in [-0.39, 0.29) is 0 Å². The summed E-state index contributed by atoms with van der Waals surface area (Å²) in [6, 6.07) is 5.82. The second-order valence-corrected chi connectivity index (χ2v) is 6.26. The molecule has 0 aliphatic carbocycles. The number of rotatable bonds is 10. The Balaban J connectivity index is 1.98. The first-order chi connectivity index (χ1) is 11.2. The average Bonchev–Trinajstić information content (AvgIpc) is 3.09. The van der Waals surface area contributed by atoms with Crippen LogP contribution in [0, 0.1) is 0 Å². The van der Waals surface area contributed by atoms with E-state index in [4.69, 9.17) is 9.47 Å². The van der Waals surface area contributed by atoms with Crippen LogP contribution in [0.2, 0.25) is 0 Å². The van der Waals surface area contributed by atoms with Gasteiger partial charge < -0.3 is 19.5 Å². The third kappa shape index (κ3) is 5.70. The first-order valence-corrected chi connectivity index (χ1v) is 9.04. The summed E-state index contributed by atoms with van der Waals surface area (Å²) in [4.78, 5) is 2.43. The topological polar surface area (TPSA) is 41.9 Å². The molecule has 0 bridgehead atoms. The Morgan fingerprint density at radius 2 is 1.70 bits per heavy atom. The van der Waals surface area contributed by atoms with E-state index < -0.39 is 6.10 Å². The summed E-state index contributed by atoms with van der Waals surface area (Å²) in [6.45, 7) is 8.81. The Kier molecular flexibility index (Phi) is 7.69. The van der Waals surface area contributed by atoms with Crippen LogP contribution in [0.4, 0.5) is 0 Å². The van der Waals surface area contributed by atoms with Crippen molar-refractivity contribution in [2.45, 2.75) is 52.1 Å². The van der Waals surface area contributed by atoms with Crippen LogP contribution in [-0.2, 0) is 0 Å². The first kappa shape index (κ1) is 18.1. The molecule has 0 radical (unpaired) electrons.